The van der Waals surface area contributed by atoms with Crippen LogP contribution in [0.2, 0.25) is 0 Å². The standard InChI is InChI=1S/C13H26N2O5S/c1-8(2)7-9(15-21(6,19)20)11(16)14-10(12(17)18)13(3,4)5/h8-10,15H,7H2,1-6H3,(H,14,16)(H,17,18). The number of aliphatic carboxylic acids is 1. The van der Waals surface area contributed by atoms with Crippen molar-refractivity contribution < 1.29 is 23.1 Å². The van der Waals surface area contributed by atoms with Gasteiger partial charge >= 0.3 is 5.97 Å². The molecule has 0 aliphatic carbocycles. The van der Waals surface area contributed by atoms with Gasteiger partial charge in [0.25, 0.3) is 0 Å². The van der Waals surface area contributed by atoms with Crippen LogP contribution in [0.4, 0.5) is 0 Å². The molecule has 0 fully saturated rings. The van der Waals surface area contributed by atoms with Gasteiger partial charge in [-0.05, 0) is 17.8 Å². The van der Waals surface area contributed by atoms with Gasteiger partial charge in [0.05, 0.1) is 6.26 Å². The number of nitrogens with one attached hydrogen (secondary N) is 2. The fraction of sp³-hybridized carbons (Fsp3) is 0.846. The van der Waals surface area contributed by atoms with Crippen LogP contribution in [0.25, 0.3) is 0 Å². The molecule has 1 amide bonds. The molecule has 0 spiro atoms. The van der Waals surface area contributed by atoms with Crippen LogP contribution in [0.15, 0.2) is 0 Å². The van der Waals surface area contributed by atoms with Crippen molar-refractivity contribution in [3.05, 3.63) is 0 Å². The Morgan fingerprint density at radius 1 is 1.19 bits per heavy atom. The molecular weight excluding hydrogens is 296 g/mol. The number of rotatable bonds is 7. The summed E-state index contributed by atoms with van der Waals surface area (Å²) in [5.41, 5.74) is -0.686. The number of amides is 1. The minimum atomic E-state index is -3.56. The fourth-order valence-corrected chi connectivity index (χ4v) is 2.55. The van der Waals surface area contributed by atoms with Crippen molar-refractivity contribution in [1.29, 1.82) is 0 Å². The van der Waals surface area contributed by atoms with E-state index < -0.39 is 39.4 Å². The van der Waals surface area contributed by atoms with E-state index in [1.807, 2.05) is 13.8 Å². The third kappa shape index (κ3) is 8.01. The number of hydrogen-bond acceptors (Lipinski definition) is 4. The maximum atomic E-state index is 12.2. The van der Waals surface area contributed by atoms with Crippen molar-refractivity contribution in [2.75, 3.05) is 6.26 Å². The molecule has 8 heteroatoms. The summed E-state index contributed by atoms with van der Waals surface area (Å²) in [5.74, 6) is -1.71. The second kappa shape index (κ2) is 7.22. The monoisotopic (exact) mass is 322 g/mol. The second-order valence-electron chi connectivity index (χ2n) is 6.72. The highest BCUT2D eigenvalue weighted by Crippen LogP contribution is 2.20. The van der Waals surface area contributed by atoms with E-state index >= 15 is 0 Å². The van der Waals surface area contributed by atoms with Crippen LogP contribution in [0.5, 0.6) is 0 Å². The first-order chi connectivity index (χ1) is 9.24. The zero-order chi connectivity index (χ0) is 17.0. The number of carbonyl (C=O) groups excluding carboxylic acids is 1. The van der Waals surface area contributed by atoms with E-state index in [2.05, 4.69) is 10.0 Å². The summed E-state index contributed by atoms with van der Waals surface area (Å²) >= 11 is 0. The van der Waals surface area contributed by atoms with E-state index in [0.29, 0.717) is 0 Å². The molecular formula is C13H26N2O5S. The molecule has 0 saturated heterocycles. The lowest BCUT2D eigenvalue weighted by Crippen LogP contribution is -2.55. The quantitative estimate of drug-likeness (QED) is 0.634. The number of sulfonamides is 1. The first-order valence-corrected chi connectivity index (χ1v) is 8.63. The number of hydrogen-bond donors (Lipinski definition) is 3. The molecule has 0 aromatic heterocycles. The van der Waals surface area contributed by atoms with Crippen molar-refractivity contribution in [1.82, 2.24) is 10.0 Å². The van der Waals surface area contributed by atoms with Crippen LogP contribution in [-0.2, 0) is 19.6 Å². The predicted molar refractivity (Wildman–Crippen MR) is 80.2 cm³/mol. The summed E-state index contributed by atoms with van der Waals surface area (Å²) < 4.78 is 24.9. The normalized spacial score (nSPS) is 15.6. The van der Waals surface area contributed by atoms with Gasteiger partial charge in [-0.2, -0.15) is 0 Å². The van der Waals surface area contributed by atoms with Gasteiger partial charge in [0.2, 0.25) is 15.9 Å². The molecule has 2 unspecified atom stereocenters. The summed E-state index contributed by atoms with van der Waals surface area (Å²) in [6.07, 6.45) is 1.25. The average Bonchev–Trinajstić information content (AvgIpc) is 2.19. The molecule has 0 bridgehead atoms. The SMILES string of the molecule is CC(C)CC(NS(C)(=O)=O)C(=O)NC(C(=O)O)C(C)(C)C. The lowest BCUT2D eigenvalue weighted by atomic mass is 9.86. The highest BCUT2D eigenvalue weighted by atomic mass is 32.2. The average molecular weight is 322 g/mol. The molecule has 7 nitrogen and oxygen atoms in total. The van der Waals surface area contributed by atoms with Gasteiger partial charge in [0.15, 0.2) is 0 Å². The van der Waals surface area contributed by atoms with E-state index in [0.717, 1.165) is 6.26 Å². The predicted octanol–water partition coefficient (Wildman–Crippen LogP) is 0.566. The van der Waals surface area contributed by atoms with Crippen molar-refractivity contribution >= 4 is 21.9 Å². The Hall–Kier alpha value is -1.15. The number of carbonyl (C=O) groups is 2. The topological polar surface area (TPSA) is 113 Å². The molecule has 3 N–H and O–H groups in total. The largest absolute Gasteiger partial charge is 0.480 e. The molecule has 0 aliphatic heterocycles. The summed E-state index contributed by atoms with van der Waals surface area (Å²) in [6.45, 7) is 8.76. The van der Waals surface area contributed by atoms with Gasteiger partial charge in [-0.3, -0.25) is 4.79 Å². The van der Waals surface area contributed by atoms with Crippen molar-refractivity contribution in [2.24, 2.45) is 11.3 Å². The van der Waals surface area contributed by atoms with Gasteiger partial charge in [0, 0.05) is 0 Å². The van der Waals surface area contributed by atoms with Crippen LogP contribution in [0.1, 0.15) is 41.0 Å². The highest BCUT2D eigenvalue weighted by Gasteiger charge is 2.35. The minimum absolute atomic E-state index is 0.0768. The Balaban J connectivity index is 5.16. The smallest absolute Gasteiger partial charge is 0.326 e. The van der Waals surface area contributed by atoms with Gasteiger partial charge in [-0.1, -0.05) is 34.6 Å². The molecule has 0 heterocycles. The Kier molecular flexibility index (Phi) is 6.82. The highest BCUT2D eigenvalue weighted by molar-refractivity contribution is 7.88. The molecule has 21 heavy (non-hydrogen) atoms. The molecule has 2 atom stereocenters. The number of carboxylic acid groups (broad SMARTS) is 1. The third-order valence-corrected chi connectivity index (χ3v) is 3.49. The van der Waals surface area contributed by atoms with Crippen molar-refractivity contribution in [2.45, 2.75) is 53.1 Å². The Labute approximate surface area is 126 Å². The molecule has 0 aliphatic rings. The minimum Gasteiger partial charge on any atom is -0.480 e. The van der Waals surface area contributed by atoms with E-state index in [-0.39, 0.29) is 12.3 Å². The van der Waals surface area contributed by atoms with Crippen molar-refractivity contribution in [3.63, 3.8) is 0 Å². The van der Waals surface area contributed by atoms with Gasteiger partial charge in [-0.15, -0.1) is 0 Å². The molecule has 0 saturated carbocycles. The molecule has 0 rings (SSSR count). The zero-order valence-electron chi connectivity index (χ0n) is 13.4. The van der Waals surface area contributed by atoms with E-state index in [4.69, 9.17) is 0 Å². The second-order valence-corrected chi connectivity index (χ2v) is 8.50. The van der Waals surface area contributed by atoms with Gasteiger partial charge in [-0.25, -0.2) is 17.9 Å². The van der Waals surface area contributed by atoms with Gasteiger partial charge in [0.1, 0.15) is 12.1 Å². The lowest BCUT2D eigenvalue weighted by molar-refractivity contribution is -0.145. The Morgan fingerprint density at radius 2 is 1.67 bits per heavy atom. The van der Waals surface area contributed by atoms with Crippen LogP contribution in [0.3, 0.4) is 0 Å². The zero-order valence-corrected chi connectivity index (χ0v) is 14.2. The third-order valence-electron chi connectivity index (χ3n) is 2.78. The lowest BCUT2D eigenvalue weighted by Gasteiger charge is -2.29. The Morgan fingerprint density at radius 3 is 1.95 bits per heavy atom. The fourth-order valence-electron chi connectivity index (χ4n) is 1.83. The first-order valence-electron chi connectivity index (χ1n) is 6.74. The summed E-state index contributed by atoms with van der Waals surface area (Å²) in [4.78, 5) is 23.5. The summed E-state index contributed by atoms with van der Waals surface area (Å²) in [7, 11) is -3.56. The molecule has 0 aromatic carbocycles. The molecule has 0 radical (unpaired) electrons. The first kappa shape index (κ1) is 19.9. The summed E-state index contributed by atoms with van der Waals surface area (Å²) in [5, 5.41) is 11.6. The van der Waals surface area contributed by atoms with Gasteiger partial charge < -0.3 is 10.4 Å². The maximum absolute atomic E-state index is 12.2. The molecule has 0 aromatic rings. The Bertz CT molecular complexity index is 479. The summed E-state index contributed by atoms with van der Waals surface area (Å²) in [6, 6.07) is -2.08. The number of carboxylic acids is 1. The molecule has 124 valence electrons. The maximum Gasteiger partial charge on any atom is 0.326 e. The van der Waals surface area contributed by atoms with Crippen LogP contribution >= 0.6 is 0 Å². The van der Waals surface area contributed by atoms with E-state index in [9.17, 15) is 23.1 Å². The van der Waals surface area contributed by atoms with Crippen LogP contribution in [0, 0.1) is 11.3 Å². The van der Waals surface area contributed by atoms with Crippen molar-refractivity contribution in [3.8, 4) is 0 Å². The van der Waals surface area contributed by atoms with E-state index in [1.54, 1.807) is 20.8 Å². The van der Waals surface area contributed by atoms with E-state index in [1.165, 1.54) is 0 Å². The van der Waals surface area contributed by atoms with Crippen LogP contribution < -0.4 is 10.0 Å². The van der Waals surface area contributed by atoms with Crippen LogP contribution in [-0.4, -0.2) is 43.7 Å².